The van der Waals surface area contributed by atoms with Crippen molar-refractivity contribution in [3.63, 3.8) is 0 Å². The molecule has 2 aromatic rings. The van der Waals surface area contributed by atoms with Crippen LogP contribution in [0.15, 0.2) is 18.2 Å². The van der Waals surface area contributed by atoms with Crippen LogP contribution in [0.4, 0.5) is 0 Å². The van der Waals surface area contributed by atoms with Gasteiger partial charge in [0.15, 0.2) is 0 Å². The molecule has 1 saturated carbocycles. The van der Waals surface area contributed by atoms with E-state index in [-0.39, 0.29) is 6.10 Å². The van der Waals surface area contributed by atoms with Crippen LogP contribution in [0.25, 0.3) is 10.9 Å². The maximum Gasteiger partial charge on any atom is 0.119 e. The predicted octanol–water partition coefficient (Wildman–Crippen LogP) is 2.91. The summed E-state index contributed by atoms with van der Waals surface area (Å²) >= 11 is 0. The van der Waals surface area contributed by atoms with E-state index in [0.717, 1.165) is 24.6 Å². The lowest BCUT2D eigenvalue weighted by molar-refractivity contribution is -0.0580. The smallest absolute Gasteiger partial charge is 0.119 e. The molecule has 1 aromatic carbocycles. The Hall–Kier alpha value is -1.52. The van der Waals surface area contributed by atoms with E-state index in [4.69, 9.17) is 4.74 Å². The van der Waals surface area contributed by atoms with Gasteiger partial charge >= 0.3 is 0 Å². The lowest BCUT2D eigenvalue weighted by Gasteiger charge is -2.54. The van der Waals surface area contributed by atoms with Crippen LogP contribution >= 0.6 is 0 Å². The molecule has 4 heterocycles. The second kappa shape index (κ2) is 5.24. The highest BCUT2D eigenvalue weighted by Gasteiger charge is 2.50. The number of aliphatic hydroxyl groups excluding tert-OH is 1. The SMILES string of the molecule is COc1ccc2[nH]c3c(c2c1)CCN1C[C@@H]2C[C@@H]([C@H](C)O)[C@H]1[C@H]3C2. The summed E-state index contributed by atoms with van der Waals surface area (Å²) < 4.78 is 5.44. The molecule has 128 valence electrons. The third-order valence-corrected chi connectivity index (χ3v) is 6.74. The number of aromatic nitrogens is 1. The van der Waals surface area contributed by atoms with Gasteiger partial charge in [-0.25, -0.2) is 0 Å². The molecule has 4 nitrogen and oxygen atoms in total. The average Bonchev–Trinajstić information content (AvgIpc) is 2.92. The van der Waals surface area contributed by atoms with Crippen molar-refractivity contribution in [2.45, 2.75) is 44.2 Å². The van der Waals surface area contributed by atoms with Crippen molar-refractivity contribution in [3.05, 3.63) is 29.5 Å². The summed E-state index contributed by atoms with van der Waals surface area (Å²) in [6.45, 7) is 4.31. The van der Waals surface area contributed by atoms with Crippen molar-refractivity contribution in [1.82, 2.24) is 9.88 Å². The number of nitrogens with one attached hydrogen (secondary N) is 1. The number of methoxy groups -OCH3 is 1. The molecule has 4 aliphatic rings. The Labute approximate surface area is 142 Å². The normalized spacial score (nSPS) is 35.5. The zero-order valence-electron chi connectivity index (χ0n) is 14.5. The standard InChI is InChI=1S/C20H26N2O2/c1-11(23)15-7-12-8-17-19-14(5-6-22(10-12)20(15)17)16-9-13(24-2)3-4-18(16)21-19/h3-4,9,11-12,15,17,20-21,23H,5-8,10H2,1-2H3/t11-,12+,15-,17-,20-/m0/s1. The highest BCUT2D eigenvalue weighted by atomic mass is 16.5. The van der Waals surface area contributed by atoms with Gasteiger partial charge in [-0.1, -0.05) is 0 Å². The van der Waals surface area contributed by atoms with Crippen molar-refractivity contribution in [2.24, 2.45) is 11.8 Å². The van der Waals surface area contributed by atoms with Gasteiger partial charge in [0.1, 0.15) is 5.75 Å². The van der Waals surface area contributed by atoms with Gasteiger partial charge < -0.3 is 14.8 Å². The van der Waals surface area contributed by atoms with Crippen molar-refractivity contribution >= 4 is 10.9 Å². The van der Waals surface area contributed by atoms with Gasteiger partial charge in [0.05, 0.1) is 13.2 Å². The minimum atomic E-state index is -0.214. The largest absolute Gasteiger partial charge is 0.497 e. The average molecular weight is 326 g/mol. The Morgan fingerprint density at radius 1 is 1.33 bits per heavy atom. The molecule has 1 unspecified atom stereocenters. The van der Waals surface area contributed by atoms with E-state index in [1.54, 1.807) is 7.11 Å². The Morgan fingerprint density at radius 2 is 2.21 bits per heavy atom. The minimum absolute atomic E-state index is 0.214. The van der Waals surface area contributed by atoms with E-state index < -0.39 is 0 Å². The highest BCUT2D eigenvalue weighted by molar-refractivity contribution is 5.86. The monoisotopic (exact) mass is 326 g/mol. The topological polar surface area (TPSA) is 48.5 Å². The van der Waals surface area contributed by atoms with Crippen LogP contribution in [0.1, 0.15) is 36.9 Å². The predicted molar refractivity (Wildman–Crippen MR) is 94.6 cm³/mol. The molecule has 4 bridgehead atoms. The van der Waals surface area contributed by atoms with Gasteiger partial charge in [0, 0.05) is 47.6 Å². The quantitative estimate of drug-likeness (QED) is 0.892. The van der Waals surface area contributed by atoms with Gasteiger partial charge in [-0.2, -0.15) is 0 Å². The number of aliphatic hydroxyl groups is 1. The number of hydrogen-bond donors (Lipinski definition) is 2. The molecule has 1 aromatic heterocycles. The number of nitrogens with zero attached hydrogens (tertiary/aromatic N) is 1. The van der Waals surface area contributed by atoms with E-state index in [9.17, 15) is 5.11 Å². The molecular weight excluding hydrogens is 300 g/mol. The molecule has 3 aliphatic heterocycles. The van der Waals surface area contributed by atoms with Crippen molar-refractivity contribution < 1.29 is 9.84 Å². The highest BCUT2D eigenvalue weighted by Crippen LogP contribution is 2.51. The Balaban J connectivity index is 1.65. The van der Waals surface area contributed by atoms with Crippen LogP contribution in [-0.2, 0) is 6.42 Å². The third-order valence-electron chi connectivity index (χ3n) is 6.74. The molecule has 6 atom stereocenters. The van der Waals surface area contributed by atoms with Crippen LogP contribution in [0.3, 0.4) is 0 Å². The Bertz CT molecular complexity index is 781. The molecule has 4 heteroatoms. The molecule has 6 rings (SSSR count). The number of H-pyrrole nitrogens is 1. The molecule has 0 spiro atoms. The third kappa shape index (κ3) is 1.99. The lowest BCUT2D eigenvalue weighted by atomic mass is 9.64. The fourth-order valence-electron chi connectivity index (χ4n) is 5.77. The molecule has 3 fully saturated rings. The minimum Gasteiger partial charge on any atom is -0.497 e. The van der Waals surface area contributed by atoms with Crippen molar-refractivity contribution in [2.75, 3.05) is 20.2 Å². The molecule has 0 amide bonds. The van der Waals surface area contributed by atoms with Crippen molar-refractivity contribution in [3.8, 4) is 5.75 Å². The van der Waals surface area contributed by atoms with Crippen LogP contribution in [0.5, 0.6) is 5.75 Å². The van der Waals surface area contributed by atoms with Crippen molar-refractivity contribution in [1.29, 1.82) is 0 Å². The number of hydrogen-bond acceptors (Lipinski definition) is 3. The summed E-state index contributed by atoms with van der Waals surface area (Å²) in [5.74, 6) is 2.61. The zero-order valence-corrected chi connectivity index (χ0v) is 14.5. The first-order chi connectivity index (χ1) is 11.7. The lowest BCUT2D eigenvalue weighted by Crippen LogP contribution is -2.58. The van der Waals surface area contributed by atoms with E-state index >= 15 is 0 Å². The van der Waals surface area contributed by atoms with Gasteiger partial charge in [-0.3, -0.25) is 4.90 Å². The molecule has 2 saturated heterocycles. The maximum absolute atomic E-state index is 10.3. The summed E-state index contributed by atoms with van der Waals surface area (Å²) in [6.07, 6.45) is 3.34. The molecular formula is C20H26N2O2. The molecule has 0 radical (unpaired) electrons. The van der Waals surface area contributed by atoms with Gasteiger partial charge in [0.25, 0.3) is 0 Å². The van der Waals surface area contributed by atoms with E-state index in [0.29, 0.717) is 17.9 Å². The maximum atomic E-state index is 10.3. The van der Waals surface area contributed by atoms with Crippen LogP contribution in [0.2, 0.25) is 0 Å². The summed E-state index contributed by atoms with van der Waals surface area (Å²) in [6, 6.07) is 6.86. The Morgan fingerprint density at radius 3 is 3.00 bits per heavy atom. The van der Waals surface area contributed by atoms with E-state index in [2.05, 4.69) is 22.0 Å². The van der Waals surface area contributed by atoms with E-state index in [1.165, 1.54) is 41.5 Å². The second-order valence-corrected chi connectivity index (χ2v) is 8.01. The summed E-state index contributed by atoms with van der Waals surface area (Å²) in [7, 11) is 1.73. The molecule has 2 N–H and O–H groups in total. The first kappa shape index (κ1) is 14.8. The molecule has 1 aliphatic carbocycles. The van der Waals surface area contributed by atoms with Crippen LogP contribution in [-0.4, -0.2) is 47.3 Å². The number of piperidine rings is 2. The van der Waals surface area contributed by atoms with Crippen LogP contribution < -0.4 is 4.74 Å². The number of fused-ring (bicyclic) bond motifs is 4. The Kier molecular flexibility index (Phi) is 3.23. The first-order valence-corrected chi connectivity index (χ1v) is 9.26. The summed E-state index contributed by atoms with van der Waals surface area (Å²) in [4.78, 5) is 6.41. The van der Waals surface area contributed by atoms with Gasteiger partial charge in [0.2, 0.25) is 0 Å². The fourth-order valence-corrected chi connectivity index (χ4v) is 5.77. The van der Waals surface area contributed by atoms with Gasteiger partial charge in [-0.15, -0.1) is 0 Å². The summed E-state index contributed by atoms with van der Waals surface area (Å²) in [5.41, 5.74) is 4.14. The van der Waals surface area contributed by atoms with Crippen LogP contribution in [0, 0.1) is 11.8 Å². The number of ether oxygens (including phenoxy) is 1. The summed E-state index contributed by atoms with van der Waals surface area (Å²) in [5, 5.41) is 11.7. The zero-order chi connectivity index (χ0) is 16.4. The number of aromatic amines is 1. The second-order valence-electron chi connectivity index (χ2n) is 8.01. The van der Waals surface area contributed by atoms with Gasteiger partial charge in [-0.05, 0) is 55.9 Å². The fraction of sp³-hybridized carbons (Fsp3) is 0.600. The van der Waals surface area contributed by atoms with E-state index in [1.807, 2.05) is 13.0 Å². The number of benzene rings is 1. The number of rotatable bonds is 2. The first-order valence-electron chi connectivity index (χ1n) is 9.26. The molecule has 24 heavy (non-hydrogen) atoms.